The lowest BCUT2D eigenvalue weighted by atomic mass is 10.1. The highest BCUT2D eigenvalue weighted by atomic mass is 32.2. The summed E-state index contributed by atoms with van der Waals surface area (Å²) in [6, 6.07) is 18.8. The predicted octanol–water partition coefficient (Wildman–Crippen LogP) is 4.84. The van der Waals surface area contributed by atoms with Crippen LogP contribution in [-0.2, 0) is 38.4 Å². The van der Waals surface area contributed by atoms with Gasteiger partial charge in [-0.15, -0.1) is 0 Å². The zero-order valence-electron chi connectivity index (χ0n) is 25.6. The van der Waals surface area contributed by atoms with Crippen LogP contribution in [0.1, 0.15) is 22.4 Å². The van der Waals surface area contributed by atoms with Crippen LogP contribution in [0.15, 0.2) is 83.9 Å². The molecule has 15 heteroatoms. The fourth-order valence-corrected chi connectivity index (χ4v) is 5.86. The van der Waals surface area contributed by atoms with E-state index in [1.54, 1.807) is 24.3 Å². The monoisotopic (exact) mass is 676 g/mol. The van der Waals surface area contributed by atoms with E-state index < -0.39 is 31.9 Å². The number of likely N-dealkylation sites (N-methyl/N-ethyl adjacent to an activating group) is 1. The van der Waals surface area contributed by atoms with Crippen LogP contribution in [0.2, 0.25) is 0 Å². The quantitative estimate of drug-likeness (QED) is 0.204. The van der Waals surface area contributed by atoms with E-state index in [-0.39, 0.29) is 22.0 Å². The molecule has 0 spiro atoms. The standard InChI is InChI=1S/C17H14F3N3O2S.C14H21N3O2S/c1-11-2-4-12(5-3-11)15-10-16(17(18,19)20)22-23(15)13-6-8-14(9-7-13)26(21,24)25;1-15-20(18,19)10-11-4-5-14-13(8-11)12(9-16-14)6-7-17(2)3/h2-10H,1H3,(H2,21,24,25);4-5,8-9,15-16H,6-7,10H2,1-3H3. The lowest BCUT2D eigenvalue weighted by Gasteiger charge is -2.09. The molecule has 4 N–H and O–H groups in total. The Balaban J connectivity index is 0.000000216. The number of benzene rings is 3. The molecule has 0 bridgehead atoms. The van der Waals surface area contributed by atoms with Crippen LogP contribution in [0.3, 0.4) is 0 Å². The molecule has 10 nitrogen and oxygen atoms in total. The Bertz CT molecular complexity index is 2020. The highest BCUT2D eigenvalue weighted by Gasteiger charge is 2.35. The van der Waals surface area contributed by atoms with E-state index in [0.717, 1.165) is 45.7 Å². The normalized spacial score (nSPS) is 12.4. The van der Waals surface area contributed by atoms with Gasteiger partial charge in [0.15, 0.2) is 5.69 Å². The number of primary sulfonamides is 1. The summed E-state index contributed by atoms with van der Waals surface area (Å²) in [6.07, 6.45) is -1.66. The second-order valence-corrected chi connectivity index (χ2v) is 14.4. The summed E-state index contributed by atoms with van der Waals surface area (Å²) in [5.74, 6) is 0.0116. The third-order valence-electron chi connectivity index (χ3n) is 7.08. The van der Waals surface area contributed by atoms with Crippen LogP contribution in [0.25, 0.3) is 27.8 Å². The number of nitrogens with one attached hydrogen (secondary N) is 2. The smallest absolute Gasteiger partial charge is 0.361 e. The number of aromatic nitrogens is 3. The highest BCUT2D eigenvalue weighted by Crippen LogP contribution is 2.33. The van der Waals surface area contributed by atoms with E-state index in [4.69, 9.17) is 5.14 Å². The van der Waals surface area contributed by atoms with Crippen molar-refractivity contribution in [1.82, 2.24) is 24.4 Å². The summed E-state index contributed by atoms with van der Waals surface area (Å²) in [6.45, 7) is 2.83. The van der Waals surface area contributed by atoms with Crippen molar-refractivity contribution >= 4 is 30.9 Å². The first-order chi connectivity index (χ1) is 21.5. The highest BCUT2D eigenvalue weighted by molar-refractivity contribution is 7.89. The summed E-state index contributed by atoms with van der Waals surface area (Å²) >= 11 is 0. The fraction of sp³-hybridized carbons (Fsp3) is 0.258. The van der Waals surface area contributed by atoms with E-state index in [1.165, 1.54) is 36.9 Å². The Labute approximate surface area is 266 Å². The van der Waals surface area contributed by atoms with Gasteiger partial charge in [-0.1, -0.05) is 35.9 Å². The molecule has 0 aliphatic heterocycles. The molecule has 46 heavy (non-hydrogen) atoms. The molecule has 5 rings (SSSR count). The molecular formula is C31H35F3N6O4S2. The molecule has 0 atom stereocenters. The molecule has 246 valence electrons. The molecule has 2 heterocycles. The van der Waals surface area contributed by atoms with Gasteiger partial charge in [0.1, 0.15) is 0 Å². The van der Waals surface area contributed by atoms with Crippen molar-refractivity contribution in [3.63, 3.8) is 0 Å². The van der Waals surface area contributed by atoms with Gasteiger partial charge in [-0.2, -0.15) is 18.3 Å². The first-order valence-corrected chi connectivity index (χ1v) is 17.2. The van der Waals surface area contributed by atoms with Gasteiger partial charge in [-0.05, 0) is 88.1 Å². The third kappa shape index (κ3) is 8.82. The maximum atomic E-state index is 13.1. The minimum Gasteiger partial charge on any atom is -0.361 e. The SMILES string of the molecule is CNS(=O)(=O)Cc1ccc2[nH]cc(CCN(C)C)c2c1.Cc1ccc(-c2cc(C(F)(F)F)nn2-c2ccc(S(N)(=O)=O)cc2)cc1. The van der Waals surface area contributed by atoms with Gasteiger partial charge in [0.2, 0.25) is 20.0 Å². The van der Waals surface area contributed by atoms with Crippen LogP contribution in [-0.4, -0.2) is 64.2 Å². The Morgan fingerprint density at radius 3 is 2.17 bits per heavy atom. The molecule has 0 aliphatic carbocycles. The van der Waals surface area contributed by atoms with Crippen molar-refractivity contribution in [3.8, 4) is 16.9 Å². The number of nitrogens with zero attached hydrogens (tertiary/aromatic N) is 3. The fourth-order valence-electron chi connectivity index (χ4n) is 4.58. The van der Waals surface area contributed by atoms with Gasteiger partial charge in [0, 0.05) is 29.2 Å². The average Bonchev–Trinajstić information content (AvgIpc) is 3.61. The molecule has 0 radical (unpaired) electrons. The molecule has 0 aliphatic rings. The van der Waals surface area contributed by atoms with Gasteiger partial charge in [-0.3, -0.25) is 0 Å². The number of rotatable bonds is 9. The maximum Gasteiger partial charge on any atom is 0.435 e. The number of hydrogen-bond donors (Lipinski definition) is 3. The minimum atomic E-state index is -4.61. The van der Waals surface area contributed by atoms with Crippen molar-refractivity contribution in [1.29, 1.82) is 0 Å². The Morgan fingerprint density at radius 2 is 1.61 bits per heavy atom. The van der Waals surface area contributed by atoms with Gasteiger partial charge < -0.3 is 9.88 Å². The van der Waals surface area contributed by atoms with Crippen molar-refractivity contribution < 1.29 is 30.0 Å². The largest absolute Gasteiger partial charge is 0.435 e. The number of sulfonamides is 2. The van der Waals surface area contributed by atoms with Gasteiger partial charge in [0.25, 0.3) is 0 Å². The minimum absolute atomic E-state index is 0.0116. The van der Waals surface area contributed by atoms with Crippen molar-refractivity contribution in [3.05, 3.63) is 101 Å². The van der Waals surface area contributed by atoms with Gasteiger partial charge in [-0.25, -0.2) is 31.4 Å². The number of halogens is 3. The van der Waals surface area contributed by atoms with Crippen LogP contribution >= 0.6 is 0 Å². The van der Waals surface area contributed by atoms with Crippen LogP contribution in [0.5, 0.6) is 0 Å². The Hall–Kier alpha value is -4.02. The van der Waals surface area contributed by atoms with Crippen molar-refractivity contribution in [2.24, 2.45) is 5.14 Å². The number of aromatic amines is 1. The van der Waals surface area contributed by atoms with Crippen LogP contribution in [0.4, 0.5) is 13.2 Å². The molecule has 0 saturated carbocycles. The third-order valence-corrected chi connectivity index (χ3v) is 9.35. The molecule has 3 aromatic carbocycles. The second-order valence-electron chi connectivity index (χ2n) is 10.9. The van der Waals surface area contributed by atoms with Crippen molar-refractivity contribution in [2.45, 2.75) is 30.2 Å². The number of aryl methyl sites for hydroxylation is 1. The Morgan fingerprint density at radius 1 is 0.957 bits per heavy atom. The van der Waals surface area contributed by atoms with Crippen LogP contribution in [0, 0.1) is 6.92 Å². The van der Waals surface area contributed by atoms with Gasteiger partial charge >= 0.3 is 6.18 Å². The summed E-state index contributed by atoms with van der Waals surface area (Å²) in [7, 11) is -1.61. The zero-order chi connectivity index (χ0) is 33.9. The van der Waals surface area contributed by atoms with Crippen molar-refractivity contribution in [2.75, 3.05) is 27.7 Å². The molecule has 2 aromatic heterocycles. The first kappa shape index (κ1) is 34.8. The lowest BCUT2D eigenvalue weighted by molar-refractivity contribution is -0.141. The van der Waals surface area contributed by atoms with Gasteiger partial charge in [0.05, 0.1) is 22.0 Å². The second kappa shape index (κ2) is 13.8. The number of nitrogens with two attached hydrogens (primary N) is 1. The van der Waals surface area contributed by atoms with E-state index in [9.17, 15) is 30.0 Å². The molecule has 0 amide bonds. The molecule has 0 fully saturated rings. The first-order valence-electron chi connectivity index (χ1n) is 14.0. The Kier molecular flexibility index (Phi) is 10.4. The molecule has 5 aromatic rings. The van der Waals surface area contributed by atoms with E-state index in [1.807, 2.05) is 45.4 Å². The summed E-state index contributed by atoms with van der Waals surface area (Å²) in [4.78, 5) is 5.23. The molecule has 0 saturated heterocycles. The lowest BCUT2D eigenvalue weighted by Crippen LogP contribution is -2.20. The number of fused-ring (bicyclic) bond motifs is 1. The van der Waals surface area contributed by atoms with Crippen LogP contribution < -0.4 is 9.86 Å². The number of hydrogen-bond acceptors (Lipinski definition) is 6. The molecule has 0 unspecified atom stereocenters. The summed E-state index contributed by atoms with van der Waals surface area (Å²) in [5, 5.41) is 9.80. The summed E-state index contributed by atoms with van der Waals surface area (Å²) in [5.41, 5.74) is 4.06. The molecular weight excluding hydrogens is 642 g/mol. The summed E-state index contributed by atoms with van der Waals surface area (Å²) < 4.78 is 88.8. The topological polar surface area (TPSA) is 143 Å². The van der Waals surface area contributed by atoms with E-state index >= 15 is 0 Å². The maximum absolute atomic E-state index is 13.1. The predicted molar refractivity (Wildman–Crippen MR) is 172 cm³/mol. The van der Waals surface area contributed by atoms with E-state index in [2.05, 4.69) is 19.7 Å². The number of alkyl halides is 3. The van der Waals surface area contributed by atoms with E-state index in [0.29, 0.717) is 5.56 Å². The zero-order valence-corrected chi connectivity index (χ0v) is 27.3. The average molecular weight is 677 g/mol. The number of H-pyrrole nitrogens is 1.